The molecule has 2 aromatic rings. The lowest BCUT2D eigenvalue weighted by Gasteiger charge is -2.07. The third-order valence-electron chi connectivity index (χ3n) is 2.42. The fraction of sp³-hybridized carbons (Fsp3) is 0.154. The van der Waals surface area contributed by atoms with Crippen molar-refractivity contribution in [3.63, 3.8) is 0 Å². The molecule has 2 rings (SSSR count). The summed E-state index contributed by atoms with van der Waals surface area (Å²) in [5, 5.41) is 0.517. The van der Waals surface area contributed by atoms with E-state index in [1.807, 2.05) is 13.0 Å². The summed E-state index contributed by atoms with van der Waals surface area (Å²) in [5.74, 6) is 0.446. The first kappa shape index (κ1) is 13.6. The second-order valence-electron chi connectivity index (χ2n) is 3.71. The number of hydrogen-bond acceptors (Lipinski definition) is 3. The number of methoxy groups -OCH3 is 1. The molecule has 94 valence electrons. The largest absolute Gasteiger partial charge is 0.496 e. The Labute approximate surface area is 123 Å². The van der Waals surface area contributed by atoms with Gasteiger partial charge in [0.05, 0.1) is 17.6 Å². The molecule has 5 heteroatoms. The van der Waals surface area contributed by atoms with E-state index in [1.54, 1.807) is 18.2 Å². The van der Waals surface area contributed by atoms with Crippen LogP contribution in [0.1, 0.15) is 20.1 Å². The molecular formula is C13H10BrClO2S. The molecule has 0 amide bonds. The predicted molar refractivity (Wildman–Crippen MR) is 78.2 cm³/mol. The van der Waals surface area contributed by atoms with Crippen molar-refractivity contribution in [2.75, 3.05) is 7.11 Å². The molecule has 1 aromatic heterocycles. The number of aryl methyl sites for hydroxylation is 1. The van der Waals surface area contributed by atoms with Crippen LogP contribution in [0.3, 0.4) is 0 Å². The van der Waals surface area contributed by atoms with Crippen molar-refractivity contribution in [1.29, 1.82) is 0 Å². The molecule has 18 heavy (non-hydrogen) atoms. The average Bonchev–Trinajstić information content (AvgIpc) is 2.67. The number of benzene rings is 1. The number of ketones is 1. The summed E-state index contributed by atoms with van der Waals surface area (Å²) in [4.78, 5) is 14.2. The highest BCUT2D eigenvalue weighted by molar-refractivity contribution is 9.10. The molecule has 0 aliphatic carbocycles. The van der Waals surface area contributed by atoms with E-state index in [9.17, 15) is 4.79 Å². The highest BCUT2D eigenvalue weighted by Crippen LogP contribution is 2.32. The van der Waals surface area contributed by atoms with Crippen LogP contribution in [-0.4, -0.2) is 12.9 Å². The molecule has 0 spiro atoms. The van der Waals surface area contributed by atoms with E-state index in [-0.39, 0.29) is 5.78 Å². The van der Waals surface area contributed by atoms with Crippen LogP contribution in [0.2, 0.25) is 5.02 Å². The molecule has 0 saturated heterocycles. The van der Waals surface area contributed by atoms with E-state index in [0.29, 0.717) is 21.2 Å². The van der Waals surface area contributed by atoms with Crippen LogP contribution in [0, 0.1) is 6.92 Å². The topological polar surface area (TPSA) is 26.3 Å². The lowest BCUT2D eigenvalue weighted by molar-refractivity contribution is 0.103. The summed E-state index contributed by atoms with van der Waals surface area (Å²) in [6.07, 6.45) is 0. The summed E-state index contributed by atoms with van der Waals surface area (Å²) in [7, 11) is 1.54. The van der Waals surface area contributed by atoms with Crippen molar-refractivity contribution in [2.45, 2.75) is 6.92 Å². The zero-order valence-electron chi connectivity index (χ0n) is 9.79. The third-order valence-corrected chi connectivity index (χ3v) is 4.59. The number of carbonyl (C=O) groups excluding carboxylic acids is 1. The lowest BCUT2D eigenvalue weighted by atomic mass is 10.1. The molecule has 0 unspecified atom stereocenters. The van der Waals surface area contributed by atoms with E-state index in [0.717, 1.165) is 9.35 Å². The molecule has 0 atom stereocenters. The van der Waals surface area contributed by atoms with Crippen LogP contribution < -0.4 is 4.74 Å². The second-order valence-corrected chi connectivity index (χ2v) is 6.25. The predicted octanol–water partition coefficient (Wildman–Crippen LogP) is 4.71. The van der Waals surface area contributed by atoms with Gasteiger partial charge in [-0.15, -0.1) is 11.3 Å². The van der Waals surface area contributed by atoms with Crippen LogP contribution in [0.15, 0.2) is 28.7 Å². The van der Waals surface area contributed by atoms with Gasteiger partial charge in [0, 0.05) is 14.4 Å². The highest BCUT2D eigenvalue weighted by Gasteiger charge is 2.19. The van der Waals surface area contributed by atoms with Crippen molar-refractivity contribution in [3.8, 4) is 5.75 Å². The summed E-state index contributed by atoms with van der Waals surface area (Å²) in [5.41, 5.74) is 0.479. The minimum absolute atomic E-state index is 0.0840. The number of rotatable bonds is 3. The van der Waals surface area contributed by atoms with Gasteiger partial charge in [-0.3, -0.25) is 4.79 Å². The Morgan fingerprint density at radius 1 is 1.39 bits per heavy atom. The van der Waals surface area contributed by atoms with Gasteiger partial charge in [-0.1, -0.05) is 11.6 Å². The Morgan fingerprint density at radius 3 is 2.67 bits per heavy atom. The van der Waals surface area contributed by atoms with E-state index in [1.165, 1.54) is 18.4 Å². The molecule has 0 saturated carbocycles. The summed E-state index contributed by atoms with van der Waals surface area (Å²) < 4.78 is 6.00. The van der Waals surface area contributed by atoms with Gasteiger partial charge in [-0.2, -0.15) is 0 Å². The van der Waals surface area contributed by atoms with E-state index >= 15 is 0 Å². The molecular weight excluding hydrogens is 336 g/mol. The molecule has 0 radical (unpaired) electrons. The Kier molecular flexibility index (Phi) is 4.10. The fourth-order valence-corrected chi connectivity index (χ4v) is 3.57. The maximum atomic E-state index is 12.5. The SMILES string of the molecule is COc1ccc(Cl)cc1C(=O)c1sc(C)cc1Br. The zero-order chi connectivity index (χ0) is 13.3. The van der Waals surface area contributed by atoms with Gasteiger partial charge in [0.1, 0.15) is 5.75 Å². The molecule has 0 N–H and O–H groups in total. The van der Waals surface area contributed by atoms with Gasteiger partial charge in [0.2, 0.25) is 5.78 Å². The summed E-state index contributed by atoms with van der Waals surface area (Å²) >= 11 is 10.8. The van der Waals surface area contributed by atoms with Gasteiger partial charge in [-0.25, -0.2) is 0 Å². The maximum Gasteiger partial charge on any atom is 0.207 e. The minimum Gasteiger partial charge on any atom is -0.496 e. The summed E-state index contributed by atoms with van der Waals surface area (Å²) in [6, 6.07) is 6.95. The molecule has 2 nitrogen and oxygen atoms in total. The van der Waals surface area contributed by atoms with Crippen molar-refractivity contribution in [1.82, 2.24) is 0 Å². The van der Waals surface area contributed by atoms with Crippen LogP contribution in [0.4, 0.5) is 0 Å². The monoisotopic (exact) mass is 344 g/mol. The average molecular weight is 346 g/mol. The van der Waals surface area contributed by atoms with E-state index in [4.69, 9.17) is 16.3 Å². The van der Waals surface area contributed by atoms with Gasteiger partial charge in [-0.05, 0) is 47.1 Å². The Bertz CT molecular complexity index is 607. The molecule has 0 aliphatic heterocycles. The first-order valence-electron chi connectivity index (χ1n) is 5.17. The number of halogens is 2. The Hall–Kier alpha value is -0.840. The number of ether oxygens (including phenoxy) is 1. The molecule has 1 heterocycles. The number of carbonyl (C=O) groups is 1. The molecule has 1 aromatic carbocycles. The first-order chi connectivity index (χ1) is 8.52. The summed E-state index contributed by atoms with van der Waals surface area (Å²) in [6.45, 7) is 1.96. The molecule has 0 fully saturated rings. The maximum absolute atomic E-state index is 12.5. The van der Waals surface area contributed by atoms with Crippen LogP contribution >= 0.6 is 38.9 Å². The normalized spacial score (nSPS) is 10.4. The Balaban J connectivity index is 2.51. The van der Waals surface area contributed by atoms with E-state index < -0.39 is 0 Å². The van der Waals surface area contributed by atoms with Crippen molar-refractivity contribution in [2.24, 2.45) is 0 Å². The first-order valence-corrected chi connectivity index (χ1v) is 7.16. The van der Waals surface area contributed by atoms with Crippen molar-refractivity contribution in [3.05, 3.63) is 49.1 Å². The second kappa shape index (κ2) is 5.43. The van der Waals surface area contributed by atoms with Crippen LogP contribution in [0.25, 0.3) is 0 Å². The van der Waals surface area contributed by atoms with E-state index in [2.05, 4.69) is 15.9 Å². The van der Waals surface area contributed by atoms with Gasteiger partial charge in [0.15, 0.2) is 0 Å². The van der Waals surface area contributed by atoms with Crippen molar-refractivity contribution < 1.29 is 9.53 Å². The standard InChI is InChI=1S/C13H10BrClO2S/c1-7-5-10(14)13(18-7)12(16)9-6-8(15)3-4-11(9)17-2/h3-6H,1-2H3. The number of thiophene rings is 1. The number of hydrogen-bond donors (Lipinski definition) is 0. The molecule has 0 bridgehead atoms. The van der Waals surface area contributed by atoms with Gasteiger partial charge in [0.25, 0.3) is 0 Å². The zero-order valence-corrected chi connectivity index (χ0v) is 12.9. The van der Waals surface area contributed by atoms with Gasteiger partial charge >= 0.3 is 0 Å². The van der Waals surface area contributed by atoms with Crippen LogP contribution in [0.5, 0.6) is 5.75 Å². The van der Waals surface area contributed by atoms with Crippen LogP contribution in [-0.2, 0) is 0 Å². The Morgan fingerprint density at radius 2 is 2.11 bits per heavy atom. The highest BCUT2D eigenvalue weighted by atomic mass is 79.9. The molecule has 0 aliphatic rings. The minimum atomic E-state index is -0.0840. The smallest absolute Gasteiger partial charge is 0.207 e. The lowest BCUT2D eigenvalue weighted by Crippen LogP contribution is -2.02. The fourth-order valence-electron chi connectivity index (χ4n) is 1.62. The van der Waals surface area contributed by atoms with Gasteiger partial charge < -0.3 is 4.74 Å². The third kappa shape index (κ3) is 2.60. The van der Waals surface area contributed by atoms with Crippen molar-refractivity contribution >= 4 is 44.7 Å². The quantitative estimate of drug-likeness (QED) is 0.753.